The number of aromatic nitrogens is 1. The number of fused-ring (bicyclic) bond motifs is 1. The van der Waals surface area contributed by atoms with E-state index in [4.69, 9.17) is 16.6 Å². The minimum Gasteiger partial charge on any atom is -0.340 e. The van der Waals surface area contributed by atoms with Crippen molar-refractivity contribution in [3.63, 3.8) is 0 Å². The second-order valence-corrected chi connectivity index (χ2v) is 6.30. The van der Waals surface area contributed by atoms with E-state index in [1.165, 1.54) is 22.1 Å². The summed E-state index contributed by atoms with van der Waals surface area (Å²) in [7, 11) is 0. The topological polar surface area (TPSA) is 24.9 Å². The van der Waals surface area contributed by atoms with E-state index >= 15 is 0 Å². The van der Waals surface area contributed by atoms with Crippen molar-refractivity contribution in [3.05, 3.63) is 63.7 Å². The highest BCUT2D eigenvalue weighted by molar-refractivity contribution is 6.31. The summed E-state index contributed by atoms with van der Waals surface area (Å²) in [6.45, 7) is 8.34. The van der Waals surface area contributed by atoms with E-state index in [0.29, 0.717) is 0 Å². The lowest BCUT2D eigenvalue weighted by Gasteiger charge is -2.12. The SMILES string of the molecule is Cc1cc(C)c2nc(Nc3ccc(C)c(Cl)c3)cc(C)c2c1.Cl. The third kappa shape index (κ3) is 3.60. The van der Waals surface area contributed by atoms with Crippen molar-refractivity contribution in [3.8, 4) is 0 Å². The number of hydrogen-bond donors (Lipinski definition) is 1. The van der Waals surface area contributed by atoms with Crippen molar-refractivity contribution < 1.29 is 0 Å². The molecule has 0 amide bonds. The van der Waals surface area contributed by atoms with Crippen molar-refractivity contribution in [2.75, 3.05) is 5.32 Å². The van der Waals surface area contributed by atoms with Gasteiger partial charge >= 0.3 is 0 Å². The lowest BCUT2D eigenvalue weighted by Crippen LogP contribution is -1.97. The molecule has 1 aromatic heterocycles. The van der Waals surface area contributed by atoms with Gasteiger partial charge in [-0.05, 0) is 68.7 Å². The van der Waals surface area contributed by atoms with Crippen molar-refractivity contribution in [1.29, 1.82) is 0 Å². The van der Waals surface area contributed by atoms with Crippen molar-refractivity contribution in [1.82, 2.24) is 4.98 Å². The number of benzene rings is 2. The highest BCUT2D eigenvalue weighted by Crippen LogP contribution is 2.27. The highest BCUT2D eigenvalue weighted by Gasteiger charge is 2.07. The average molecular weight is 347 g/mol. The lowest BCUT2D eigenvalue weighted by atomic mass is 10.0. The summed E-state index contributed by atoms with van der Waals surface area (Å²) in [5.41, 5.74) is 6.75. The fraction of sp³-hybridized carbons (Fsp3) is 0.211. The Balaban J connectivity index is 0.00000192. The molecule has 0 fully saturated rings. The van der Waals surface area contributed by atoms with Crippen LogP contribution >= 0.6 is 24.0 Å². The van der Waals surface area contributed by atoms with Gasteiger partial charge in [0.2, 0.25) is 0 Å². The first-order valence-electron chi connectivity index (χ1n) is 7.36. The maximum absolute atomic E-state index is 6.19. The van der Waals surface area contributed by atoms with Gasteiger partial charge < -0.3 is 5.32 Å². The first kappa shape index (κ1) is 17.6. The molecule has 3 rings (SSSR count). The molecule has 0 unspecified atom stereocenters. The molecule has 0 spiro atoms. The number of halogens is 2. The number of aryl methyl sites for hydroxylation is 4. The number of anilines is 2. The highest BCUT2D eigenvalue weighted by atomic mass is 35.5. The van der Waals surface area contributed by atoms with Gasteiger partial charge in [-0.25, -0.2) is 4.98 Å². The van der Waals surface area contributed by atoms with Gasteiger partial charge in [-0.15, -0.1) is 12.4 Å². The molecular weight excluding hydrogens is 327 g/mol. The molecule has 1 heterocycles. The molecule has 1 N–H and O–H groups in total. The van der Waals surface area contributed by atoms with Crippen LogP contribution in [0.4, 0.5) is 11.5 Å². The molecule has 0 saturated heterocycles. The molecular formula is C19H20Cl2N2. The second-order valence-electron chi connectivity index (χ2n) is 5.89. The Labute approximate surface area is 148 Å². The standard InChI is InChI=1S/C19H19ClN2.ClH/c1-11-7-14(4)19-16(8-11)13(3)9-18(22-19)21-15-6-5-12(2)17(20)10-15;/h5-10H,1-4H3,(H,21,22);1H. The van der Waals surface area contributed by atoms with E-state index in [1.54, 1.807) is 0 Å². The summed E-state index contributed by atoms with van der Waals surface area (Å²) >= 11 is 6.19. The Kier molecular flexibility index (Phi) is 5.18. The predicted octanol–water partition coefficient (Wildman–Crippen LogP) is 6.29. The second kappa shape index (κ2) is 6.77. The van der Waals surface area contributed by atoms with E-state index in [2.05, 4.69) is 44.3 Å². The average Bonchev–Trinajstić information content (AvgIpc) is 2.44. The molecule has 2 nitrogen and oxygen atoms in total. The van der Waals surface area contributed by atoms with Crippen LogP contribution < -0.4 is 5.32 Å². The number of rotatable bonds is 2. The summed E-state index contributed by atoms with van der Waals surface area (Å²) in [5.74, 6) is 0.844. The fourth-order valence-electron chi connectivity index (χ4n) is 2.73. The molecule has 3 aromatic rings. The molecule has 2 aromatic carbocycles. The quantitative estimate of drug-likeness (QED) is 0.589. The van der Waals surface area contributed by atoms with Gasteiger partial charge in [0, 0.05) is 16.1 Å². The van der Waals surface area contributed by atoms with Crippen LogP contribution in [0, 0.1) is 27.7 Å². The van der Waals surface area contributed by atoms with Gasteiger partial charge in [-0.1, -0.05) is 29.3 Å². The molecule has 4 heteroatoms. The molecule has 0 radical (unpaired) electrons. The zero-order chi connectivity index (χ0) is 15.9. The smallest absolute Gasteiger partial charge is 0.131 e. The Morgan fingerprint density at radius 2 is 1.61 bits per heavy atom. The van der Waals surface area contributed by atoms with Gasteiger partial charge in [-0.3, -0.25) is 0 Å². The molecule has 0 aliphatic rings. The molecule has 0 aliphatic heterocycles. The summed E-state index contributed by atoms with van der Waals surface area (Å²) in [6.07, 6.45) is 0. The van der Waals surface area contributed by atoms with Crippen molar-refractivity contribution in [2.45, 2.75) is 27.7 Å². The predicted molar refractivity (Wildman–Crippen MR) is 103 cm³/mol. The fourth-order valence-corrected chi connectivity index (χ4v) is 2.91. The van der Waals surface area contributed by atoms with E-state index in [-0.39, 0.29) is 12.4 Å². The molecule has 0 aliphatic carbocycles. The van der Waals surface area contributed by atoms with Crippen LogP contribution in [0.2, 0.25) is 5.02 Å². The minimum absolute atomic E-state index is 0. The van der Waals surface area contributed by atoms with E-state index in [9.17, 15) is 0 Å². The lowest BCUT2D eigenvalue weighted by molar-refractivity contribution is 1.30. The summed E-state index contributed by atoms with van der Waals surface area (Å²) < 4.78 is 0. The number of nitrogens with zero attached hydrogens (tertiary/aromatic N) is 1. The summed E-state index contributed by atoms with van der Waals surface area (Å²) in [5, 5.41) is 5.32. The van der Waals surface area contributed by atoms with Crippen LogP contribution in [0.15, 0.2) is 36.4 Å². The Hall–Kier alpha value is -1.77. The first-order valence-corrected chi connectivity index (χ1v) is 7.73. The van der Waals surface area contributed by atoms with Gasteiger partial charge in [0.1, 0.15) is 5.82 Å². The number of hydrogen-bond acceptors (Lipinski definition) is 2. The van der Waals surface area contributed by atoms with Gasteiger partial charge in [0.25, 0.3) is 0 Å². The zero-order valence-electron chi connectivity index (χ0n) is 13.7. The first-order chi connectivity index (χ1) is 10.4. The van der Waals surface area contributed by atoms with Gasteiger partial charge in [-0.2, -0.15) is 0 Å². The Morgan fingerprint density at radius 3 is 2.30 bits per heavy atom. The number of nitrogens with one attached hydrogen (secondary N) is 1. The maximum Gasteiger partial charge on any atom is 0.131 e. The van der Waals surface area contributed by atoms with E-state index in [0.717, 1.165) is 27.6 Å². The third-order valence-corrected chi connectivity index (χ3v) is 4.31. The van der Waals surface area contributed by atoms with Crippen LogP contribution in [-0.4, -0.2) is 4.98 Å². The van der Waals surface area contributed by atoms with Gasteiger partial charge in [0.15, 0.2) is 0 Å². The van der Waals surface area contributed by atoms with E-state index in [1.807, 2.05) is 25.1 Å². The largest absolute Gasteiger partial charge is 0.340 e. The number of pyridine rings is 1. The molecule has 0 saturated carbocycles. The minimum atomic E-state index is 0. The van der Waals surface area contributed by atoms with E-state index < -0.39 is 0 Å². The molecule has 120 valence electrons. The van der Waals surface area contributed by atoms with Crippen LogP contribution in [0.5, 0.6) is 0 Å². The Bertz CT molecular complexity index is 873. The molecule has 0 atom stereocenters. The van der Waals surface area contributed by atoms with Gasteiger partial charge in [0.05, 0.1) is 5.52 Å². The molecule has 0 bridgehead atoms. The zero-order valence-corrected chi connectivity index (χ0v) is 15.3. The van der Waals surface area contributed by atoms with Crippen LogP contribution in [-0.2, 0) is 0 Å². The van der Waals surface area contributed by atoms with Crippen molar-refractivity contribution >= 4 is 46.4 Å². The normalized spacial score (nSPS) is 10.5. The Morgan fingerprint density at radius 1 is 0.870 bits per heavy atom. The summed E-state index contributed by atoms with van der Waals surface area (Å²) in [6, 6.07) is 12.4. The maximum atomic E-state index is 6.19. The molecule has 23 heavy (non-hydrogen) atoms. The monoisotopic (exact) mass is 346 g/mol. The third-order valence-electron chi connectivity index (χ3n) is 3.90. The van der Waals surface area contributed by atoms with Crippen LogP contribution in [0.25, 0.3) is 10.9 Å². The van der Waals surface area contributed by atoms with Crippen LogP contribution in [0.3, 0.4) is 0 Å². The summed E-state index contributed by atoms with van der Waals surface area (Å²) in [4.78, 5) is 4.77. The van der Waals surface area contributed by atoms with Crippen LogP contribution in [0.1, 0.15) is 22.3 Å². The van der Waals surface area contributed by atoms with Crippen molar-refractivity contribution in [2.24, 2.45) is 0 Å².